The van der Waals surface area contributed by atoms with Crippen LogP contribution in [0.4, 0.5) is 5.82 Å². The lowest BCUT2D eigenvalue weighted by Gasteiger charge is -2.22. The van der Waals surface area contributed by atoms with Gasteiger partial charge in [-0.2, -0.15) is 0 Å². The predicted octanol–water partition coefficient (Wildman–Crippen LogP) is 1.45. The van der Waals surface area contributed by atoms with Gasteiger partial charge in [-0.05, 0) is 39.1 Å². The van der Waals surface area contributed by atoms with Crippen molar-refractivity contribution in [2.75, 3.05) is 39.5 Å². The van der Waals surface area contributed by atoms with Gasteiger partial charge < -0.3 is 15.1 Å². The van der Waals surface area contributed by atoms with Gasteiger partial charge in [0.1, 0.15) is 5.82 Å². The van der Waals surface area contributed by atoms with Crippen LogP contribution in [-0.2, 0) is 0 Å². The van der Waals surface area contributed by atoms with Gasteiger partial charge in [0.2, 0.25) is 0 Å². The predicted molar refractivity (Wildman–Crippen MR) is 81.1 cm³/mol. The number of pyridine rings is 1. The molecule has 1 aliphatic heterocycles. The molecule has 0 saturated carbocycles. The zero-order valence-electron chi connectivity index (χ0n) is 13.0. The van der Waals surface area contributed by atoms with Crippen LogP contribution < -0.4 is 5.32 Å². The van der Waals surface area contributed by atoms with Crippen LogP contribution in [0.5, 0.6) is 0 Å². The molecular formula is C15H24N4O. The summed E-state index contributed by atoms with van der Waals surface area (Å²) in [6, 6.07) is 4.12. The summed E-state index contributed by atoms with van der Waals surface area (Å²) in [5, 5.41) is 3.00. The van der Waals surface area contributed by atoms with Crippen molar-refractivity contribution in [3.8, 4) is 0 Å². The number of likely N-dealkylation sites (tertiary alicyclic amines) is 1. The fraction of sp³-hybridized carbons (Fsp3) is 0.600. The van der Waals surface area contributed by atoms with Gasteiger partial charge in [-0.25, -0.2) is 4.98 Å². The zero-order valence-corrected chi connectivity index (χ0v) is 13.0. The average Bonchev–Trinajstić information content (AvgIpc) is 2.79. The molecule has 2 unspecified atom stereocenters. The quantitative estimate of drug-likeness (QED) is 0.908. The molecule has 1 N–H and O–H groups in total. The second kappa shape index (κ2) is 5.79. The third-order valence-corrected chi connectivity index (χ3v) is 3.98. The Bertz CT molecular complexity index is 501. The zero-order chi connectivity index (χ0) is 14.9. The first-order chi connectivity index (χ1) is 9.42. The third-order valence-electron chi connectivity index (χ3n) is 3.98. The average molecular weight is 276 g/mol. The Balaban J connectivity index is 2.18. The monoisotopic (exact) mass is 276 g/mol. The molecule has 2 heterocycles. The number of amides is 1. The number of likely N-dealkylation sites (N-methyl/N-ethyl adjacent to an activating group) is 1. The highest BCUT2D eigenvalue weighted by molar-refractivity contribution is 5.95. The Morgan fingerprint density at radius 2 is 2.10 bits per heavy atom. The highest BCUT2D eigenvalue weighted by atomic mass is 16.2. The van der Waals surface area contributed by atoms with Crippen molar-refractivity contribution in [3.05, 3.63) is 23.4 Å². The number of carbonyl (C=O) groups excluding carboxylic acids is 1. The van der Waals surface area contributed by atoms with Crippen LogP contribution in [-0.4, -0.2) is 61.0 Å². The van der Waals surface area contributed by atoms with Crippen molar-refractivity contribution in [2.45, 2.75) is 19.9 Å². The van der Waals surface area contributed by atoms with Crippen LogP contribution in [0.15, 0.2) is 12.1 Å². The van der Waals surface area contributed by atoms with E-state index < -0.39 is 0 Å². The fourth-order valence-electron chi connectivity index (χ4n) is 2.89. The summed E-state index contributed by atoms with van der Waals surface area (Å²) in [5.74, 6) is 1.34. The number of hydrogen-bond donors (Lipinski definition) is 1. The molecule has 5 nitrogen and oxygen atoms in total. The molecule has 0 bridgehead atoms. The van der Waals surface area contributed by atoms with Gasteiger partial charge in [0, 0.05) is 37.4 Å². The largest absolute Gasteiger partial charge is 0.373 e. The summed E-state index contributed by atoms with van der Waals surface area (Å²) >= 11 is 0. The fourth-order valence-corrected chi connectivity index (χ4v) is 2.89. The number of carbonyl (C=O) groups is 1. The number of nitrogens with one attached hydrogen (secondary N) is 1. The van der Waals surface area contributed by atoms with E-state index >= 15 is 0 Å². The number of hydrogen-bond acceptors (Lipinski definition) is 4. The normalized spacial score (nSPS) is 22.4. The molecule has 1 aliphatic rings. The Kier molecular flexibility index (Phi) is 4.28. The molecule has 2 atom stereocenters. The summed E-state index contributed by atoms with van der Waals surface area (Å²) < 4.78 is 0. The molecule has 1 aromatic heterocycles. The van der Waals surface area contributed by atoms with Crippen molar-refractivity contribution in [3.63, 3.8) is 0 Å². The van der Waals surface area contributed by atoms with Crippen LogP contribution in [0, 0.1) is 12.8 Å². The van der Waals surface area contributed by atoms with E-state index in [0.29, 0.717) is 17.5 Å². The van der Waals surface area contributed by atoms with Crippen LogP contribution in [0.2, 0.25) is 0 Å². The Hall–Kier alpha value is -1.62. The smallest absolute Gasteiger partial charge is 0.254 e. The van der Waals surface area contributed by atoms with E-state index in [4.69, 9.17) is 0 Å². The molecule has 1 saturated heterocycles. The molecule has 0 aliphatic carbocycles. The summed E-state index contributed by atoms with van der Waals surface area (Å²) in [6.45, 7) is 5.73. The van der Waals surface area contributed by atoms with Gasteiger partial charge in [-0.1, -0.05) is 6.92 Å². The van der Waals surface area contributed by atoms with E-state index in [-0.39, 0.29) is 5.91 Å². The Labute approximate surface area is 121 Å². The Morgan fingerprint density at radius 1 is 1.40 bits per heavy atom. The van der Waals surface area contributed by atoms with Crippen LogP contribution >= 0.6 is 0 Å². The van der Waals surface area contributed by atoms with Crippen LogP contribution in [0.1, 0.15) is 23.0 Å². The van der Waals surface area contributed by atoms with E-state index in [1.807, 2.05) is 31.0 Å². The first-order valence-corrected chi connectivity index (χ1v) is 7.04. The molecular weight excluding hydrogens is 252 g/mol. The molecule has 1 aromatic rings. The second-order valence-corrected chi connectivity index (χ2v) is 5.85. The minimum absolute atomic E-state index is 0.100. The van der Waals surface area contributed by atoms with E-state index in [2.05, 4.69) is 36.2 Å². The van der Waals surface area contributed by atoms with Gasteiger partial charge in [-0.15, -0.1) is 0 Å². The van der Waals surface area contributed by atoms with E-state index in [1.54, 1.807) is 0 Å². The first kappa shape index (κ1) is 14.8. The molecule has 5 heteroatoms. The Morgan fingerprint density at radius 3 is 2.65 bits per heavy atom. The number of anilines is 1. The number of rotatable bonds is 3. The molecule has 0 spiro atoms. The summed E-state index contributed by atoms with van der Waals surface area (Å²) in [6.07, 6.45) is 0. The second-order valence-electron chi connectivity index (χ2n) is 5.85. The number of aryl methyl sites for hydroxylation is 1. The van der Waals surface area contributed by atoms with Gasteiger partial charge in [0.25, 0.3) is 5.91 Å². The van der Waals surface area contributed by atoms with E-state index in [1.165, 1.54) is 0 Å². The molecule has 1 fully saturated rings. The minimum Gasteiger partial charge on any atom is -0.373 e. The lowest BCUT2D eigenvalue weighted by Crippen LogP contribution is -2.35. The summed E-state index contributed by atoms with van der Waals surface area (Å²) in [7, 11) is 5.96. The third kappa shape index (κ3) is 2.93. The maximum absolute atomic E-state index is 12.6. The molecule has 0 radical (unpaired) electrons. The maximum Gasteiger partial charge on any atom is 0.254 e. The lowest BCUT2D eigenvalue weighted by atomic mass is 10.1. The van der Waals surface area contributed by atoms with Crippen molar-refractivity contribution in [1.82, 2.24) is 14.8 Å². The maximum atomic E-state index is 12.6. The summed E-state index contributed by atoms with van der Waals surface area (Å²) in [5.41, 5.74) is 1.57. The highest BCUT2D eigenvalue weighted by Crippen LogP contribution is 2.22. The van der Waals surface area contributed by atoms with Gasteiger partial charge in [0.15, 0.2) is 0 Å². The van der Waals surface area contributed by atoms with E-state index in [9.17, 15) is 4.79 Å². The van der Waals surface area contributed by atoms with Crippen molar-refractivity contribution in [2.24, 2.45) is 5.92 Å². The molecule has 2 rings (SSSR count). The summed E-state index contributed by atoms with van der Waals surface area (Å²) in [4.78, 5) is 21.1. The van der Waals surface area contributed by atoms with Crippen molar-refractivity contribution in [1.29, 1.82) is 0 Å². The topological polar surface area (TPSA) is 48.5 Å². The van der Waals surface area contributed by atoms with Crippen LogP contribution in [0.3, 0.4) is 0 Å². The van der Waals surface area contributed by atoms with E-state index in [0.717, 1.165) is 24.6 Å². The first-order valence-electron chi connectivity index (χ1n) is 7.04. The number of aromatic nitrogens is 1. The molecule has 20 heavy (non-hydrogen) atoms. The van der Waals surface area contributed by atoms with Gasteiger partial charge in [-0.3, -0.25) is 4.79 Å². The molecule has 110 valence electrons. The van der Waals surface area contributed by atoms with Crippen molar-refractivity contribution < 1.29 is 4.79 Å². The molecule has 0 aromatic carbocycles. The van der Waals surface area contributed by atoms with Crippen molar-refractivity contribution >= 4 is 11.7 Å². The standard InChI is InChI=1S/C15H24N4O/c1-10-8-19(9-13(10)18(4)5)15(20)12-6-11(2)17-14(7-12)16-3/h6-7,10,13H,8-9H2,1-5H3,(H,16,17). The number of nitrogens with zero attached hydrogens (tertiary/aromatic N) is 3. The van der Waals surface area contributed by atoms with Gasteiger partial charge >= 0.3 is 0 Å². The highest BCUT2D eigenvalue weighted by Gasteiger charge is 2.34. The SMILES string of the molecule is CNc1cc(C(=O)N2CC(C)C(N(C)C)C2)cc(C)n1. The minimum atomic E-state index is 0.100. The lowest BCUT2D eigenvalue weighted by molar-refractivity contribution is 0.0781. The van der Waals surface area contributed by atoms with Gasteiger partial charge in [0.05, 0.1) is 0 Å². The molecule has 1 amide bonds. The van der Waals surface area contributed by atoms with Crippen LogP contribution in [0.25, 0.3) is 0 Å².